The summed E-state index contributed by atoms with van der Waals surface area (Å²) in [4.78, 5) is 31.5. The summed E-state index contributed by atoms with van der Waals surface area (Å²) in [5.74, 6) is 1.67. The van der Waals surface area contributed by atoms with Crippen molar-refractivity contribution in [1.29, 1.82) is 0 Å². The number of thioether (sulfide) groups is 1. The number of benzene rings is 2. The largest absolute Gasteiger partial charge is 0.337 e. The number of carbonyl (C=O) groups excluding carboxylic acids is 2. The van der Waals surface area contributed by atoms with Crippen LogP contribution in [0.1, 0.15) is 20.8 Å². The SMILES string of the molecule is O=C(Nc1cccc(C(=O)N2CCSCC2)c1)c1csc(-c2ccccc2)n1. The zero-order chi connectivity index (χ0) is 19.3. The highest BCUT2D eigenvalue weighted by molar-refractivity contribution is 7.99. The van der Waals surface area contributed by atoms with Crippen molar-refractivity contribution in [2.45, 2.75) is 0 Å². The van der Waals surface area contributed by atoms with Crippen molar-refractivity contribution in [2.24, 2.45) is 0 Å². The molecular weight excluding hydrogens is 390 g/mol. The fraction of sp³-hybridized carbons (Fsp3) is 0.190. The monoisotopic (exact) mass is 409 g/mol. The summed E-state index contributed by atoms with van der Waals surface area (Å²) in [5, 5.41) is 5.40. The zero-order valence-corrected chi connectivity index (χ0v) is 16.8. The quantitative estimate of drug-likeness (QED) is 0.700. The van der Waals surface area contributed by atoms with Gasteiger partial charge in [-0.15, -0.1) is 11.3 Å². The number of nitrogens with one attached hydrogen (secondary N) is 1. The molecule has 7 heteroatoms. The van der Waals surface area contributed by atoms with Crippen LogP contribution in [-0.4, -0.2) is 46.3 Å². The molecule has 4 rings (SSSR count). The van der Waals surface area contributed by atoms with E-state index in [1.165, 1.54) is 11.3 Å². The number of nitrogens with zero attached hydrogens (tertiary/aromatic N) is 2. The van der Waals surface area contributed by atoms with Crippen LogP contribution in [0.2, 0.25) is 0 Å². The third-order valence-corrected chi connectivity index (χ3v) is 6.26. The van der Waals surface area contributed by atoms with Crippen LogP contribution >= 0.6 is 23.1 Å². The standard InChI is InChI=1S/C21H19N3O2S2/c25-19(18-14-28-20(23-18)15-5-2-1-3-6-15)22-17-8-4-7-16(13-17)21(26)24-9-11-27-12-10-24/h1-8,13-14H,9-12H2,(H,22,25). The molecule has 1 saturated heterocycles. The van der Waals surface area contributed by atoms with Crippen LogP contribution in [0.5, 0.6) is 0 Å². The van der Waals surface area contributed by atoms with E-state index in [-0.39, 0.29) is 11.8 Å². The highest BCUT2D eigenvalue weighted by atomic mass is 32.2. The van der Waals surface area contributed by atoms with Gasteiger partial charge >= 0.3 is 0 Å². The van der Waals surface area contributed by atoms with Crippen molar-refractivity contribution in [3.05, 3.63) is 71.2 Å². The summed E-state index contributed by atoms with van der Waals surface area (Å²) in [7, 11) is 0. The Kier molecular flexibility index (Phi) is 5.73. The Morgan fingerprint density at radius 1 is 1.00 bits per heavy atom. The summed E-state index contributed by atoms with van der Waals surface area (Å²) in [6.45, 7) is 1.53. The average molecular weight is 410 g/mol. The molecule has 0 unspecified atom stereocenters. The molecule has 0 atom stereocenters. The maximum Gasteiger partial charge on any atom is 0.275 e. The summed E-state index contributed by atoms with van der Waals surface area (Å²) >= 11 is 3.30. The van der Waals surface area contributed by atoms with Gasteiger partial charge in [0.05, 0.1) is 0 Å². The van der Waals surface area contributed by atoms with Crippen molar-refractivity contribution in [3.8, 4) is 10.6 Å². The fourth-order valence-electron chi connectivity index (χ4n) is 2.97. The lowest BCUT2D eigenvalue weighted by Crippen LogP contribution is -2.37. The van der Waals surface area contributed by atoms with Crippen LogP contribution in [0, 0.1) is 0 Å². The van der Waals surface area contributed by atoms with Crippen molar-refractivity contribution in [1.82, 2.24) is 9.88 Å². The normalized spacial score (nSPS) is 13.9. The first kappa shape index (κ1) is 18.7. The van der Waals surface area contributed by atoms with Gasteiger partial charge in [0.15, 0.2) is 0 Å². The molecule has 1 aliphatic rings. The van der Waals surface area contributed by atoms with Gasteiger partial charge in [0, 0.05) is 46.8 Å². The van der Waals surface area contributed by atoms with Crippen molar-refractivity contribution >= 4 is 40.6 Å². The van der Waals surface area contributed by atoms with Crippen molar-refractivity contribution < 1.29 is 9.59 Å². The van der Waals surface area contributed by atoms with Gasteiger partial charge in [0.25, 0.3) is 11.8 Å². The molecule has 0 aliphatic carbocycles. The van der Waals surface area contributed by atoms with E-state index in [9.17, 15) is 9.59 Å². The molecule has 0 bridgehead atoms. The summed E-state index contributed by atoms with van der Waals surface area (Å²) in [5.41, 5.74) is 2.54. The summed E-state index contributed by atoms with van der Waals surface area (Å²) < 4.78 is 0. The number of rotatable bonds is 4. The molecule has 1 aromatic heterocycles. The third-order valence-electron chi connectivity index (χ3n) is 4.42. The van der Waals surface area contributed by atoms with Crippen LogP contribution < -0.4 is 5.32 Å². The predicted octanol–water partition coefficient (Wildman–Crippen LogP) is 4.25. The number of anilines is 1. The lowest BCUT2D eigenvalue weighted by atomic mass is 10.1. The molecule has 0 radical (unpaired) electrons. The maximum atomic E-state index is 12.7. The molecular formula is C21H19N3O2S2. The number of hydrogen-bond acceptors (Lipinski definition) is 5. The van der Waals surface area contributed by atoms with E-state index in [1.54, 1.807) is 29.6 Å². The van der Waals surface area contributed by atoms with E-state index in [4.69, 9.17) is 0 Å². The second kappa shape index (κ2) is 8.58. The lowest BCUT2D eigenvalue weighted by molar-refractivity contribution is 0.0772. The Bertz CT molecular complexity index is 982. The molecule has 5 nitrogen and oxygen atoms in total. The Labute approximate surface area is 171 Å². The highest BCUT2D eigenvalue weighted by Crippen LogP contribution is 2.24. The number of carbonyl (C=O) groups is 2. The van der Waals surface area contributed by atoms with E-state index < -0.39 is 0 Å². The van der Waals surface area contributed by atoms with Crippen LogP contribution in [0.3, 0.4) is 0 Å². The topological polar surface area (TPSA) is 62.3 Å². The van der Waals surface area contributed by atoms with Crippen LogP contribution in [0.15, 0.2) is 60.0 Å². The first-order valence-electron chi connectivity index (χ1n) is 9.00. The van der Waals surface area contributed by atoms with Crippen molar-refractivity contribution in [2.75, 3.05) is 29.9 Å². The van der Waals surface area contributed by atoms with Crippen molar-refractivity contribution in [3.63, 3.8) is 0 Å². The minimum absolute atomic E-state index is 0.0106. The van der Waals surface area contributed by atoms with E-state index in [1.807, 2.05) is 47.0 Å². The van der Waals surface area contributed by atoms with E-state index >= 15 is 0 Å². The smallest absolute Gasteiger partial charge is 0.275 e. The van der Waals surface area contributed by atoms with Gasteiger partial charge in [-0.3, -0.25) is 9.59 Å². The highest BCUT2D eigenvalue weighted by Gasteiger charge is 2.19. The molecule has 1 aliphatic heterocycles. The number of thiazole rings is 1. The molecule has 0 saturated carbocycles. The molecule has 3 aromatic rings. The Balaban J connectivity index is 1.46. The number of hydrogen-bond donors (Lipinski definition) is 1. The van der Waals surface area contributed by atoms with Gasteiger partial charge in [0.1, 0.15) is 10.7 Å². The molecule has 2 heterocycles. The van der Waals surface area contributed by atoms with Crippen LogP contribution in [0.4, 0.5) is 5.69 Å². The van der Waals surface area contributed by atoms with Gasteiger partial charge in [-0.25, -0.2) is 4.98 Å². The summed E-state index contributed by atoms with van der Waals surface area (Å²) in [6.07, 6.45) is 0. The predicted molar refractivity (Wildman–Crippen MR) is 115 cm³/mol. The Hall–Kier alpha value is -2.64. The first-order valence-corrected chi connectivity index (χ1v) is 11.0. The molecule has 2 aromatic carbocycles. The summed E-state index contributed by atoms with van der Waals surface area (Å²) in [6, 6.07) is 16.9. The number of amides is 2. The lowest BCUT2D eigenvalue weighted by Gasteiger charge is -2.26. The molecule has 2 amide bonds. The average Bonchev–Trinajstić information content (AvgIpc) is 3.25. The second-order valence-corrected chi connectivity index (χ2v) is 8.43. The van der Waals surface area contributed by atoms with E-state index in [0.717, 1.165) is 35.2 Å². The third kappa shape index (κ3) is 4.26. The van der Waals surface area contributed by atoms with Gasteiger partial charge in [0.2, 0.25) is 0 Å². The maximum absolute atomic E-state index is 12.7. The fourth-order valence-corrected chi connectivity index (χ4v) is 4.67. The van der Waals surface area contributed by atoms with E-state index in [0.29, 0.717) is 16.9 Å². The molecule has 142 valence electrons. The molecule has 1 fully saturated rings. The van der Waals surface area contributed by atoms with Gasteiger partial charge in [-0.05, 0) is 18.2 Å². The van der Waals surface area contributed by atoms with Gasteiger partial charge < -0.3 is 10.2 Å². The van der Waals surface area contributed by atoms with E-state index in [2.05, 4.69) is 10.3 Å². The second-order valence-electron chi connectivity index (χ2n) is 6.34. The molecule has 1 N–H and O–H groups in total. The van der Waals surface area contributed by atoms with Gasteiger partial charge in [-0.2, -0.15) is 11.8 Å². The zero-order valence-electron chi connectivity index (χ0n) is 15.1. The van der Waals surface area contributed by atoms with Crippen LogP contribution in [0.25, 0.3) is 10.6 Å². The minimum Gasteiger partial charge on any atom is -0.337 e. The molecule has 0 spiro atoms. The number of aromatic nitrogens is 1. The van der Waals surface area contributed by atoms with Crippen LogP contribution in [-0.2, 0) is 0 Å². The first-order chi connectivity index (χ1) is 13.7. The Morgan fingerprint density at radius 3 is 2.57 bits per heavy atom. The van der Waals surface area contributed by atoms with Gasteiger partial charge in [-0.1, -0.05) is 36.4 Å². The molecule has 28 heavy (non-hydrogen) atoms. The Morgan fingerprint density at radius 2 is 1.79 bits per heavy atom. The minimum atomic E-state index is -0.280.